The van der Waals surface area contributed by atoms with Gasteiger partial charge < -0.3 is 9.84 Å². The lowest BCUT2D eigenvalue weighted by molar-refractivity contribution is -0.131. The Labute approximate surface area is 114 Å². The number of rotatable bonds is 4. The third-order valence-electron chi connectivity index (χ3n) is 2.73. The Morgan fingerprint density at radius 3 is 2.47 bits per heavy atom. The van der Waals surface area contributed by atoms with Gasteiger partial charge in [0.05, 0.1) is 7.11 Å². The van der Waals surface area contributed by atoms with E-state index in [4.69, 9.17) is 9.84 Å². The second-order valence-corrected chi connectivity index (χ2v) is 5.26. The Balaban J connectivity index is 3.00. The van der Waals surface area contributed by atoms with E-state index in [0.717, 1.165) is 17.4 Å². The van der Waals surface area contributed by atoms with Crippen LogP contribution in [-0.4, -0.2) is 18.2 Å². The summed E-state index contributed by atoms with van der Waals surface area (Å²) in [4.78, 5) is 10.3. The van der Waals surface area contributed by atoms with Crippen molar-refractivity contribution in [3.8, 4) is 5.75 Å². The van der Waals surface area contributed by atoms with Crippen LogP contribution in [0.25, 0.3) is 6.08 Å². The normalized spacial score (nSPS) is 12.2. The summed E-state index contributed by atoms with van der Waals surface area (Å²) in [5, 5.41) is 8.49. The van der Waals surface area contributed by atoms with Crippen LogP contribution in [0.5, 0.6) is 5.75 Å². The largest absolute Gasteiger partial charge is 0.496 e. The molecule has 0 aliphatic heterocycles. The molecule has 0 aliphatic rings. The number of benzene rings is 1. The third kappa shape index (κ3) is 4.62. The summed E-state index contributed by atoms with van der Waals surface area (Å²) < 4.78 is 5.37. The van der Waals surface area contributed by atoms with E-state index in [1.165, 1.54) is 11.6 Å². The van der Waals surface area contributed by atoms with Gasteiger partial charge in [0.2, 0.25) is 0 Å². The number of ether oxygens (including phenoxy) is 1. The molecule has 0 atom stereocenters. The van der Waals surface area contributed by atoms with E-state index >= 15 is 0 Å². The minimum atomic E-state index is -0.959. The average molecular weight is 260 g/mol. The number of hydrogen-bond donors (Lipinski definition) is 1. The van der Waals surface area contributed by atoms with Crippen molar-refractivity contribution in [2.24, 2.45) is 0 Å². The van der Waals surface area contributed by atoms with E-state index < -0.39 is 5.97 Å². The number of methoxy groups -OCH3 is 1. The smallest absolute Gasteiger partial charge is 0.328 e. The molecule has 0 aromatic heterocycles. The summed E-state index contributed by atoms with van der Waals surface area (Å²) in [6.07, 6.45) is 6.08. The van der Waals surface area contributed by atoms with Gasteiger partial charge in [-0.25, -0.2) is 4.79 Å². The molecule has 3 heteroatoms. The molecule has 1 aromatic carbocycles. The molecular weight excluding hydrogens is 240 g/mol. The number of aliphatic carboxylic acids is 1. The third-order valence-corrected chi connectivity index (χ3v) is 2.73. The van der Waals surface area contributed by atoms with Gasteiger partial charge in [-0.15, -0.1) is 0 Å². The van der Waals surface area contributed by atoms with Crippen LogP contribution in [0.15, 0.2) is 36.4 Å². The molecule has 0 spiro atoms. The summed E-state index contributed by atoms with van der Waals surface area (Å²) in [6, 6.07) is 6.05. The summed E-state index contributed by atoms with van der Waals surface area (Å²) in [5.41, 5.74) is 2.19. The Bertz CT molecular complexity index is 505. The van der Waals surface area contributed by atoms with Gasteiger partial charge in [0.25, 0.3) is 0 Å². The first kappa shape index (κ1) is 15.0. The number of carboxylic acid groups (broad SMARTS) is 1. The Morgan fingerprint density at radius 1 is 1.26 bits per heavy atom. The molecule has 0 radical (unpaired) electrons. The van der Waals surface area contributed by atoms with Crippen LogP contribution >= 0.6 is 0 Å². The van der Waals surface area contributed by atoms with Gasteiger partial charge in [0.1, 0.15) is 5.75 Å². The van der Waals surface area contributed by atoms with Crippen molar-refractivity contribution in [2.75, 3.05) is 7.11 Å². The predicted octanol–water partition coefficient (Wildman–Crippen LogP) is 3.65. The van der Waals surface area contributed by atoms with E-state index in [-0.39, 0.29) is 5.41 Å². The van der Waals surface area contributed by atoms with Crippen molar-refractivity contribution in [2.45, 2.75) is 26.2 Å². The predicted molar refractivity (Wildman–Crippen MR) is 77.5 cm³/mol. The second-order valence-electron chi connectivity index (χ2n) is 5.26. The number of allylic oxidation sites excluding steroid dienone is 2. The van der Waals surface area contributed by atoms with Gasteiger partial charge in [-0.2, -0.15) is 0 Å². The molecule has 0 saturated heterocycles. The minimum absolute atomic E-state index is 0.0682. The average Bonchev–Trinajstić information content (AvgIpc) is 2.33. The van der Waals surface area contributed by atoms with Crippen LogP contribution < -0.4 is 4.74 Å². The quantitative estimate of drug-likeness (QED) is 0.664. The van der Waals surface area contributed by atoms with Crippen LogP contribution in [0, 0.1) is 0 Å². The first-order valence-corrected chi connectivity index (χ1v) is 6.11. The van der Waals surface area contributed by atoms with Crippen LogP contribution in [0.4, 0.5) is 0 Å². The van der Waals surface area contributed by atoms with Gasteiger partial charge in [-0.1, -0.05) is 51.1 Å². The fourth-order valence-electron chi connectivity index (χ4n) is 1.61. The Hall–Kier alpha value is -2.03. The minimum Gasteiger partial charge on any atom is -0.496 e. The molecule has 1 rings (SSSR count). The molecule has 0 fully saturated rings. The highest BCUT2D eigenvalue weighted by Crippen LogP contribution is 2.29. The van der Waals surface area contributed by atoms with E-state index in [1.807, 2.05) is 18.2 Å². The highest BCUT2D eigenvalue weighted by atomic mass is 16.5. The molecule has 3 nitrogen and oxygen atoms in total. The molecule has 19 heavy (non-hydrogen) atoms. The zero-order valence-electron chi connectivity index (χ0n) is 11.8. The molecule has 102 valence electrons. The summed E-state index contributed by atoms with van der Waals surface area (Å²) in [5.74, 6) is -0.174. The molecular formula is C16H20O3. The maximum Gasteiger partial charge on any atom is 0.328 e. The lowest BCUT2D eigenvalue weighted by Gasteiger charge is -2.20. The van der Waals surface area contributed by atoms with E-state index in [1.54, 1.807) is 13.2 Å². The molecule has 1 aromatic rings. The van der Waals surface area contributed by atoms with Crippen molar-refractivity contribution in [3.05, 3.63) is 47.6 Å². The van der Waals surface area contributed by atoms with Crippen LogP contribution in [0.1, 0.15) is 31.9 Å². The monoisotopic (exact) mass is 260 g/mol. The molecule has 0 saturated carbocycles. The first-order chi connectivity index (χ1) is 8.84. The fraction of sp³-hybridized carbons (Fsp3) is 0.312. The zero-order chi connectivity index (χ0) is 14.5. The number of hydrogen-bond acceptors (Lipinski definition) is 2. The van der Waals surface area contributed by atoms with Crippen molar-refractivity contribution in [1.29, 1.82) is 0 Å². The van der Waals surface area contributed by atoms with E-state index in [2.05, 4.69) is 26.8 Å². The lowest BCUT2D eigenvalue weighted by Crippen LogP contribution is -2.11. The van der Waals surface area contributed by atoms with Crippen molar-refractivity contribution in [3.63, 3.8) is 0 Å². The number of carbonyl (C=O) groups is 1. The lowest BCUT2D eigenvalue weighted by atomic mass is 9.86. The van der Waals surface area contributed by atoms with E-state index in [0.29, 0.717) is 0 Å². The van der Waals surface area contributed by atoms with Crippen LogP contribution in [0.2, 0.25) is 0 Å². The van der Waals surface area contributed by atoms with E-state index in [9.17, 15) is 4.79 Å². The summed E-state index contributed by atoms with van der Waals surface area (Å²) in [7, 11) is 1.63. The molecule has 0 bridgehead atoms. The summed E-state index contributed by atoms with van der Waals surface area (Å²) in [6.45, 7) is 6.44. The highest BCUT2D eigenvalue weighted by Gasteiger charge is 2.15. The van der Waals surface area contributed by atoms with Gasteiger partial charge >= 0.3 is 5.97 Å². The first-order valence-electron chi connectivity index (χ1n) is 6.11. The second kappa shape index (κ2) is 6.23. The maximum atomic E-state index is 10.3. The topological polar surface area (TPSA) is 46.5 Å². The van der Waals surface area contributed by atoms with Gasteiger partial charge in [0.15, 0.2) is 0 Å². The van der Waals surface area contributed by atoms with Gasteiger partial charge in [-0.3, -0.25) is 0 Å². The fourth-order valence-corrected chi connectivity index (χ4v) is 1.61. The van der Waals surface area contributed by atoms with Crippen molar-refractivity contribution >= 4 is 12.0 Å². The zero-order valence-corrected chi connectivity index (χ0v) is 11.8. The SMILES string of the molecule is COc1cc(C(C)(C)C)ccc1/C=C/C=C/C(=O)O. The Kier molecular flexibility index (Phi) is 4.93. The standard InChI is InChI=1S/C16H20O3/c1-16(2,3)13-10-9-12(14(11-13)19-4)7-5-6-8-15(17)18/h5-11H,1-4H3,(H,17,18)/b7-5+,8-6+. The summed E-state index contributed by atoms with van der Waals surface area (Å²) >= 11 is 0. The molecule has 0 amide bonds. The van der Waals surface area contributed by atoms with Crippen molar-refractivity contribution < 1.29 is 14.6 Å². The van der Waals surface area contributed by atoms with Crippen LogP contribution in [0.3, 0.4) is 0 Å². The Morgan fingerprint density at radius 2 is 1.95 bits per heavy atom. The van der Waals surface area contributed by atoms with Crippen LogP contribution in [-0.2, 0) is 10.2 Å². The molecule has 0 heterocycles. The highest BCUT2D eigenvalue weighted by molar-refractivity contribution is 5.80. The molecule has 0 aliphatic carbocycles. The van der Waals surface area contributed by atoms with Crippen molar-refractivity contribution in [1.82, 2.24) is 0 Å². The molecule has 1 N–H and O–H groups in total. The van der Waals surface area contributed by atoms with Gasteiger partial charge in [-0.05, 0) is 17.0 Å². The van der Waals surface area contributed by atoms with Gasteiger partial charge in [0, 0.05) is 11.6 Å². The number of carboxylic acids is 1. The molecule has 0 unspecified atom stereocenters. The maximum absolute atomic E-state index is 10.3.